The Kier molecular flexibility index (Phi) is 4.15. The molecule has 3 aromatic rings. The van der Waals surface area contributed by atoms with E-state index in [0.29, 0.717) is 18.2 Å². The van der Waals surface area contributed by atoms with Crippen molar-refractivity contribution < 1.29 is 14.6 Å². The molecule has 1 atom stereocenters. The van der Waals surface area contributed by atoms with Gasteiger partial charge in [-0.3, -0.25) is 0 Å². The van der Waals surface area contributed by atoms with E-state index in [-0.39, 0.29) is 0 Å². The third-order valence-electron chi connectivity index (χ3n) is 6.31. The Morgan fingerprint density at radius 1 is 1.11 bits per heavy atom. The Morgan fingerprint density at radius 2 is 1.89 bits per heavy atom. The highest BCUT2D eigenvalue weighted by Gasteiger charge is 2.33. The van der Waals surface area contributed by atoms with Crippen molar-refractivity contribution in [2.45, 2.75) is 57.6 Å². The lowest BCUT2D eigenvalue weighted by Crippen LogP contribution is -2.30. The number of carbonyl (C=O) groups is 1. The number of aryl methyl sites for hydroxylation is 1. The minimum absolute atomic E-state index is 0.325. The van der Waals surface area contributed by atoms with Gasteiger partial charge in [-0.15, -0.1) is 0 Å². The summed E-state index contributed by atoms with van der Waals surface area (Å²) in [5.74, 6) is 0.270. The van der Waals surface area contributed by atoms with Crippen molar-refractivity contribution in [2.24, 2.45) is 0 Å². The summed E-state index contributed by atoms with van der Waals surface area (Å²) in [7, 11) is 0. The van der Waals surface area contributed by atoms with E-state index in [9.17, 15) is 9.90 Å². The van der Waals surface area contributed by atoms with Gasteiger partial charge < -0.3 is 14.4 Å². The Bertz CT molecular complexity index is 1060. The SMILES string of the molecule is Cc1ccc2c(C3CCCCC3)c3n(c2c1)CC(C(=O)O)Oc1ccccc1-3. The molecule has 1 saturated carbocycles. The van der Waals surface area contributed by atoms with Crippen molar-refractivity contribution in [1.82, 2.24) is 4.57 Å². The molecule has 1 fully saturated rings. The molecule has 1 aromatic heterocycles. The van der Waals surface area contributed by atoms with Crippen LogP contribution in [0.15, 0.2) is 42.5 Å². The van der Waals surface area contributed by atoms with Gasteiger partial charge in [0.25, 0.3) is 0 Å². The van der Waals surface area contributed by atoms with E-state index >= 15 is 0 Å². The van der Waals surface area contributed by atoms with Crippen LogP contribution in [-0.4, -0.2) is 21.7 Å². The van der Waals surface area contributed by atoms with E-state index in [1.54, 1.807) is 0 Å². The zero-order valence-corrected chi connectivity index (χ0v) is 16.1. The van der Waals surface area contributed by atoms with Crippen molar-refractivity contribution in [3.8, 4) is 17.0 Å². The average Bonchev–Trinajstić information content (AvgIpc) is 2.90. The molecule has 4 nitrogen and oxygen atoms in total. The van der Waals surface area contributed by atoms with E-state index in [4.69, 9.17) is 4.74 Å². The summed E-state index contributed by atoms with van der Waals surface area (Å²) in [5, 5.41) is 11.0. The van der Waals surface area contributed by atoms with Crippen LogP contribution in [0.5, 0.6) is 5.75 Å². The Hall–Kier alpha value is -2.75. The Labute approximate surface area is 164 Å². The van der Waals surface area contributed by atoms with E-state index in [1.165, 1.54) is 48.6 Å². The van der Waals surface area contributed by atoms with Crippen LogP contribution in [0.25, 0.3) is 22.2 Å². The van der Waals surface area contributed by atoms with Crippen LogP contribution in [0.3, 0.4) is 0 Å². The van der Waals surface area contributed by atoms with E-state index in [1.807, 2.05) is 18.2 Å². The molecule has 2 aromatic carbocycles. The third-order valence-corrected chi connectivity index (χ3v) is 6.31. The number of fused-ring (bicyclic) bond motifs is 5. The number of ether oxygens (including phenoxy) is 1. The van der Waals surface area contributed by atoms with E-state index in [2.05, 4.69) is 35.8 Å². The van der Waals surface area contributed by atoms with Crippen LogP contribution in [-0.2, 0) is 11.3 Å². The van der Waals surface area contributed by atoms with Gasteiger partial charge in [-0.05, 0) is 55.0 Å². The van der Waals surface area contributed by atoms with Gasteiger partial charge in [0.1, 0.15) is 5.75 Å². The largest absolute Gasteiger partial charge is 0.478 e. The molecule has 0 spiro atoms. The second-order valence-electron chi connectivity index (χ2n) is 8.17. The number of benzene rings is 2. The predicted molar refractivity (Wildman–Crippen MR) is 110 cm³/mol. The first-order chi connectivity index (χ1) is 13.6. The standard InChI is InChI=1S/C24H25NO3/c1-15-11-12-17-19(13-15)25-14-21(24(26)27)28-20-10-6-5-9-18(20)23(25)22(17)16-7-3-2-4-8-16/h5-6,9-13,16,21H,2-4,7-8,14H2,1H3,(H,26,27). The highest BCUT2D eigenvalue weighted by atomic mass is 16.5. The average molecular weight is 375 g/mol. The minimum Gasteiger partial charge on any atom is -0.478 e. The first-order valence-corrected chi connectivity index (χ1v) is 10.2. The normalized spacial score (nSPS) is 19.5. The number of rotatable bonds is 2. The summed E-state index contributed by atoms with van der Waals surface area (Å²) in [5.41, 5.74) is 5.87. The third kappa shape index (κ3) is 2.70. The number of nitrogens with zero attached hydrogens (tertiary/aromatic N) is 1. The maximum Gasteiger partial charge on any atom is 0.346 e. The molecule has 0 radical (unpaired) electrons. The fourth-order valence-corrected chi connectivity index (χ4v) is 5.02. The number of aromatic nitrogens is 1. The van der Waals surface area contributed by atoms with Gasteiger partial charge in [0.2, 0.25) is 6.10 Å². The molecule has 1 aliphatic heterocycles. The van der Waals surface area contributed by atoms with Crippen LogP contribution in [0.2, 0.25) is 0 Å². The quantitative estimate of drug-likeness (QED) is 0.642. The number of para-hydroxylation sites is 1. The van der Waals surface area contributed by atoms with Crippen molar-refractivity contribution >= 4 is 16.9 Å². The van der Waals surface area contributed by atoms with Gasteiger partial charge >= 0.3 is 5.97 Å². The molecular formula is C24H25NO3. The second-order valence-corrected chi connectivity index (χ2v) is 8.17. The smallest absolute Gasteiger partial charge is 0.346 e. The number of aliphatic carboxylic acids is 1. The second kappa shape index (κ2) is 6.69. The molecule has 1 unspecified atom stereocenters. The monoisotopic (exact) mass is 375 g/mol. The molecule has 1 N–H and O–H groups in total. The molecule has 2 aliphatic rings. The van der Waals surface area contributed by atoms with Crippen molar-refractivity contribution in [1.29, 1.82) is 0 Å². The number of hydrogen-bond donors (Lipinski definition) is 1. The molecule has 0 saturated heterocycles. The van der Waals surface area contributed by atoms with Crippen LogP contribution < -0.4 is 4.74 Å². The van der Waals surface area contributed by atoms with Gasteiger partial charge in [0, 0.05) is 16.5 Å². The fourth-order valence-electron chi connectivity index (χ4n) is 5.02. The van der Waals surface area contributed by atoms with Gasteiger partial charge in [-0.25, -0.2) is 4.79 Å². The predicted octanol–water partition coefficient (Wildman–Crippen LogP) is 5.51. The lowest BCUT2D eigenvalue weighted by molar-refractivity contribution is -0.145. The topological polar surface area (TPSA) is 51.5 Å². The summed E-state index contributed by atoms with van der Waals surface area (Å²) in [6.45, 7) is 2.42. The lowest BCUT2D eigenvalue weighted by Gasteiger charge is -2.23. The minimum atomic E-state index is -0.920. The molecule has 4 heteroatoms. The highest BCUT2D eigenvalue weighted by Crippen LogP contribution is 2.47. The molecule has 0 amide bonds. The number of hydrogen-bond acceptors (Lipinski definition) is 2. The van der Waals surface area contributed by atoms with Crippen LogP contribution in [0.1, 0.15) is 49.1 Å². The maximum atomic E-state index is 11.9. The van der Waals surface area contributed by atoms with Gasteiger partial charge in [-0.1, -0.05) is 43.5 Å². The first kappa shape index (κ1) is 17.4. The molecule has 28 heavy (non-hydrogen) atoms. The molecule has 5 rings (SSSR count). The molecule has 144 valence electrons. The van der Waals surface area contributed by atoms with Crippen LogP contribution in [0, 0.1) is 6.92 Å². The molecule has 2 heterocycles. The summed E-state index contributed by atoms with van der Waals surface area (Å²) < 4.78 is 8.17. The van der Waals surface area contributed by atoms with Crippen molar-refractivity contribution in [3.05, 3.63) is 53.6 Å². The van der Waals surface area contributed by atoms with Crippen LogP contribution in [0.4, 0.5) is 0 Å². The van der Waals surface area contributed by atoms with E-state index < -0.39 is 12.1 Å². The van der Waals surface area contributed by atoms with Crippen molar-refractivity contribution in [2.75, 3.05) is 0 Å². The van der Waals surface area contributed by atoms with Crippen LogP contribution >= 0.6 is 0 Å². The first-order valence-electron chi connectivity index (χ1n) is 10.2. The van der Waals surface area contributed by atoms with Crippen molar-refractivity contribution in [3.63, 3.8) is 0 Å². The summed E-state index contributed by atoms with van der Waals surface area (Å²) in [6.07, 6.45) is 5.34. The lowest BCUT2D eigenvalue weighted by atomic mass is 9.81. The van der Waals surface area contributed by atoms with Gasteiger partial charge in [0.05, 0.1) is 12.2 Å². The Morgan fingerprint density at radius 3 is 2.68 bits per heavy atom. The zero-order chi connectivity index (χ0) is 19.3. The molecule has 0 bridgehead atoms. The fraction of sp³-hybridized carbons (Fsp3) is 0.375. The van der Waals surface area contributed by atoms with Gasteiger partial charge in [0.15, 0.2) is 0 Å². The summed E-state index contributed by atoms with van der Waals surface area (Å²) >= 11 is 0. The summed E-state index contributed by atoms with van der Waals surface area (Å²) in [4.78, 5) is 11.9. The molecule has 1 aliphatic carbocycles. The summed E-state index contributed by atoms with van der Waals surface area (Å²) in [6, 6.07) is 14.5. The highest BCUT2D eigenvalue weighted by molar-refractivity contribution is 5.94. The maximum absolute atomic E-state index is 11.9. The number of carboxylic acid groups (broad SMARTS) is 1. The molecular weight excluding hydrogens is 350 g/mol. The van der Waals surface area contributed by atoms with Gasteiger partial charge in [-0.2, -0.15) is 0 Å². The van der Waals surface area contributed by atoms with E-state index in [0.717, 1.165) is 16.8 Å². The number of carboxylic acids is 1. The Balaban J connectivity index is 1.85. The zero-order valence-electron chi connectivity index (χ0n) is 16.1.